The van der Waals surface area contributed by atoms with Crippen molar-refractivity contribution in [2.75, 3.05) is 10.6 Å². The number of nitrogens with one attached hydrogen (secondary N) is 3. The molecule has 0 aliphatic carbocycles. The number of amides is 2. The van der Waals surface area contributed by atoms with Crippen LogP contribution in [-0.4, -0.2) is 16.8 Å². The number of rotatable bonds is 3. The van der Waals surface area contributed by atoms with Gasteiger partial charge in [0.05, 0.1) is 16.9 Å². The quantitative estimate of drug-likeness (QED) is 0.790. The van der Waals surface area contributed by atoms with Crippen LogP contribution < -0.4 is 10.6 Å². The number of H-pyrrole nitrogens is 1. The summed E-state index contributed by atoms with van der Waals surface area (Å²) in [6, 6.07) is 8.78. The summed E-state index contributed by atoms with van der Waals surface area (Å²) in [4.78, 5) is 26.1. The predicted molar refractivity (Wildman–Crippen MR) is 74.2 cm³/mol. The highest BCUT2D eigenvalue weighted by atomic mass is 16.2. The van der Waals surface area contributed by atoms with Gasteiger partial charge in [-0.15, -0.1) is 0 Å². The fourth-order valence-corrected chi connectivity index (χ4v) is 1.78. The van der Waals surface area contributed by atoms with Crippen molar-refractivity contribution in [3.63, 3.8) is 0 Å². The number of anilines is 2. The van der Waals surface area contributed by atoms with Crippen molar-refractivity contribution in [3.8, 4) is 0 Å². The van der Waals surface area contributed by atoms with Crippen LogP contribution in [0.5, 0.6) is 0 Å². The number of hydrogen-bond acceptors (Lipinski definition) is 2. The molecule has 0 bridgehead atoms. The first kappa shape index (κ1) is 12.9. The Morgan fingerprint density at radius 1 is 1.05 bits per heavy atom. The van der Waals surface area contributed by atoms with Crippen LogP contribution in [0.15, 0.2) is 36.5 Å². The van der Waals surface area contributed by atoms with E-state index >= 15 is 0 Å². The minimum atomic E-state index is -0.212. The summed E-state index contributed by atoms with van der Waals surface area (Å²) in [6.07, 6.45) is 1.71. The van der Waals surface area contributed by atoms with Crippen LogP contribution in [0.4, 0.5) is 11.4 Å². The van der Waals surface area contributed by atoms with Crippen molar-refractivity contribution in [2.24, 2.45) is 0 Å². The van der Waals surface area contributed by atoms with Gasteiger partial charge in [0, 0.05) is 18.8 Å². The first-order valence-corrected chi connectivity index (χ1v) is 5.90. The maximum absolute atomic E-state index is 12.1. The van der Waals surface area contributed by atoms with Crippen LogP contribution in [0.1, 0.15) is 23.0 Å². The lowest BCUT2D eigenvalue weighted by Crippen LogP contribution is -2.15. The number of aromatic amines is 1. The van der Waals surface area contributed by atoms with E-state index in [9.17, 15) is 9.59 Å². The van der Waals surface area contributed by atoms with Crippen LogP contribution in [0.3, 0.4) is 0 Å². The van der Waals surface area contributed by atoms with Crippen molar-refractivity contribution in [1.29, 1.82) is 0 Å². The first-order chi connectivity index (χ1) is 9.08. The van der Waals surface area contributed by atoms with Gasteiger partial charge in [-0.3, -0.25) is 9.59 Å². The maximum Gasteiger partial charge on any atom is 0.257 e. The molecule has 0 unspecified atom stereocenters. The van der Waals surface area contributed by atoms with Crippen molar-refractivity contribution in [3.05, 3.63) is 47.8 Å². The van der Waals surface area contributed by atoms with Crippen LogP contribution in [0.2, 0.25) is 0 Å². The Hall–Kier alpha value is -2.56. The molecule has 19 heavy (non-hydrogen) atoms. The topological polar surface area (TPSA) is 74.0 Å². The molecule has 0 saturated heterocycles. The molecule has 2 rings (SSSR count). The highest BCUT2D eigenvalue weighted by Crippen LogP contribution is 2.22. The van der Waals surface area contributed by atoms with Gasteiger partial charge < -0.3 is 15.6 Å². The SMILES string of the molecule is CC(=O)Nc1ccccc1NC(=O)c1cc[nH]c1C. The summed E-state index contributed by atoms with van der Waals surface area (Å²) < 4.78 is 0. The molecule has 0 aliphatic heterocycles. The van der Waals surface area contributed by atoms with E-state index in [1.165, 1.54) is 6.92 Å². The molecule has 1 aromatic heterocycles. The van der Waals surface area contributed by atoms with Gasteiger partial charge in [-0.1, -0.05) is 12.1 Å². The zero-order chi connectivity index (χ0) is 13.8. The number of carbonyl (C=O) groups is 2. The van der Waals surface area contributed by atoms with Crippen molar-refractivity contribution < 1.29 is 9.59 Å². The van der Waals surface area contributed by atoms with Gasteiger partial charge in [-0.2, -0.15) is 0 Å². The Labute approximate surface area is 111 Å². The number of para-hydroxylation sites is 2. The lowest BCUT2D eigenvalue weighted by molar-refractivity contribution is -0.114. The van der Waals surface area contributed by atoms with E-state index < -0.39 is 0 Å². The van der Waals surface area contributed by atoms with Gasteiger partial charge in [0.1, 0.15) is 0 Å². The standard InChI is InChI=1S/C14H15N3O2/c1-9-11(7-8-15-9)14(19)17-13-6-4-3-5-12(13)16-10(2)18/h3-8,15H,1-2H3,(H,16,18)(H,17,19). The van der Waals surface area contributed by atoms with Crippen LogP contribution in [-0.2, 0) is 4.79 Å². The third-order valence-corrected chi connectivity index (χ3v) is 2.68. The van der Waals surface area contributed by atoms with E-state index in [1.807, 2.05) is 6.92 Å². The predicted octanol–water partition coefficient (Wildman–Crippen LogP) is 2.53. The molecule has 3 N–H and O–H groups in total. The summed E-state index contributed by atoms with van der Waals surface area (Å²) in [6.45, 7) is 3.25. The number of carbonyl (C=O) groups excluding carboxylic acids is 2. The molecule has 2 amide bonds. The lowest BCUT2D eigenvalue weighted by atomic mass is 10.2. The van der Waals surface area contributed by atoms with Gasteiger partial charge in [-0.25, -0.2) is 0 Å². The minimum absolute atomic E-state index is 0.181. The molecule has 0 saturated carbocycles. The molecule has 0 radical (unpaired) electrons. The van der Waals surface area contributed by atoms with Gasteiger partial charge in [0.2, 0.25) is 5.91 Å². The lowest BCUT2D eigenvalue weighted by Gasteiger charge is -2.11. The molecular weight excluding hydrogens is 242 g/mol. The third kappa shape index (κ3) is 3.01. The molecule has 5 nitrogen and oxygen atoms in total. The second-order valence-electron chi connectivity index (χ2n) is 4.20. The van der Waals surface area contributed by atoms with E-state index in [4.69, 9.17) is 0 Å². The highest BCUT2D eigenvalue weighted by Gasteiger charge is 2.12. The summed E-state index contributed by atoms with van der Waals surface area (Å²) in [5, 5.41) is 5.46. The maximum atomic E-state index is 12.1. The molecular formula is C14H15N3O2. The van der Waals surface area contributed by atoms with E-state index in [-0.39, 0.29) is 11.8 Å². The molecule has 5 heteroatoms. The average Bonchev–Trinajstić information content (AvgIpc) is 2.77. The molecule has 0 atom stereocenters. The van der Waals surface area contributed by atoms with Crippen molar-refractivity contribution in [1.82, 2.24) is 4.98 Å². The summed E-state index contributed by atoms with van der Waals surface area (Å²) in [5.41, 5.74) is 2.53. The van der Waals surface area contributed by atoms with E-state index in [1.54, 1.807) is 36.5 Å². The largest absolute Gasteiger partial charge is 0.365 e. The molecule has 0 spiro atoms. The summed E-state index contributed by atoms with van der Waals surface area (Å²) >= 11 is 0. The third-order valence-electron chi connectivity index (χ3n) is 2.68. The van der Waals surface area contributed by atoms with E-state index in [0.29, 0.717) is 16.9 Å². The first-order valence-electron chi connectivity index (χ1n) is 5.90. The summed E-state index contributed by atoms with van der Waals surface area (Å²) in [5.74, 6) is -0.393. The Morgan fingerprint density at radius 2 is 1.68 bits per heavy atom. The van der Waals surface area contributed by atoms with Gasteiger partial charge in [0.25, 0.3) is 5.91 Å². The van der Waals surface area contributed by atoms with E-state index in [2.05, 4.69) is 15.6 Å². The normalized spacial score (nSPS) is 10.0. The van der Waals surface area contributed by atoms with Gasteiger partial charge >= 0.3 is 0 Å². The monoisotopic (exact) mass is 257 g/mol. The van der Waals surface area contributed by atoms with Crippen molar-refractivity contribution in [2.45, 2.75) is 13.8 Å². The zero-order valence-electron chi connectivity index (χ0n) is 10.8. The molecule has 1 heterocycles. The molecule has 2 aromatic rings. The van der Waals surface area contributed by atoms with Crippen LogP contribution >= 0.6 is 0 Å². The molecule has 98 valence electrons. The number of hydrogen-bond donors (Lipinski definition) is 3. The highest BCUT2D eigenvalue weighted by molar-refractivity contribution is 6.07. The molecule has 1 aromatic carbocycles. The fraction of sp³-hybridized carbons (Fsp3) is 0.143. The van der Waals surface area contributed by atoms with Crippen molar-refractivity contribution >= 4 is 23.2 Å². The molecule has 0 aliphatic rings. The van der Waals surface area contributed by atoms with E-state index in [0.717, 1.165) is 5.69 Å². The van der Waals surface area contributed by atoms with Crippen LogP contribution in [0.25, 0.3) is 0 Å². The van der Waals surface area contributed by atoms with Gasteiger partial charge in [-0.05, 0) is 25.1 Å². The fourth-order valence-electron chi connectivity index (χ4n) is 1.78. The Bertz CT molecular complexity index is 617. The Kier molecular flexibility index (Phi) is 3.66. The zero-order valence-corrected chi connectivity index (χ0v) is 10.8. The molecule has 0 fully saturated rings. The Morgan fingerprint density at radius 3 is 2.21 bits per heavy atom. The smallest absolute Gasteiger partial charge is 0.257 e. The second-order valence-corrected chi connectivity index (χ2v) is 4.20. The minimum Gasteiger partial charge on any atom is -0.365 e. The van der Waals surface area contributed by atoms with Gasteiger partial charge in [0.15, 0.2) is 0 Å². The number of aromatic nitrogens is 1. The second kappa shape index (κ2) is 5.39. The summed E-state index contributed by atoms with van der Waals surface area (Å²) in [7, 11) is 0. The number of benzene rings is 1. The number of aryl methyl sites for hydroxylation is 1. The van der Waals surface area contributed by atoms with Crippen LogP contribution in [0, 0.1) is 6.92 Å². The average molecular weight is 257 g/mol. The Balaban J connectivity index is 2.22.